The van der Waals surface area contributed by atoms with Crippen molar-refractivity contribution in [3.05, 3.63) is 35.9 Å². The number of nitrogens with one attached hydrogen (secondary N) is 1. The van der Waals surface area contributed by atoms with Gasteiger partial charge in [-0.05, 0) is 18.4 Å². The highest BCUT2D eigenvalue weighted by Crippen LogP contribution is 2.21. The number of nitrogens with two attached hydrogens (primary N) is 1. The number of rotatable bonds is 5. The summed E-state index contributed by atoms with van der Waals surface area (Å²) in [7, 11) is 1.29. The van der Waals surface area contributed by atoms with Crippen LogP contribution in [0.1, 0.15) is 24.4 Å². The van der Waals surface area contributed by atoms with E-state index < -0.39 is 18.1 Å². The van der Waals surface area contributed by atoms with Gasteiger partial charge in [0.05, 0.1) is 13.2 Å². The lowest BCUT2D eigenvalue weighted by Gasteiger charge is -2.19. The van der Waals surface area contributed by atoms with Gasteiger partial charge >= 0.3 is 5.97 Å². The number of carbonyl (C=O) groups is 2. The van der Waals surface area contributed by atoms with E-state index in [9.17, 15) is 9.59 Å². The molecule has 3 atom stereocenters. The Bertz CT molecular complexity index is 492. The molecule has 21 heavy (non-hydrogen) atoms. The Kier molecular flexibility index (Phi) is 5.30. The van der Waals surface area contributed by atoms with E-state index in [0.717, 1.165) is 6.42 Å². The Labute approximate surface area is 123 Å². The normalized spacial score (nSPS) is 22.6. The predicted molar refractivity (Wildman–Crippen MR) is 76.3 cm³/mol. The van der Waals surface area contributed by atoms with Crippen LogP contribution in [-0.2, 0) is 19.1 Å². The van der Waals surface area contributed by atoms with Crippen molar-refractivity contribution in [1.29, 1.82) is 0 Å². The fourth-order valence-corrected chi connectivity index (χ4v) is 2.35. The van der Waals surface area contributed by atoms with Gasteiger partial charge < -0.3 is 20.5 Å². The van der Waals surface area contributed by atoms with Crippen molar-refractivity contribution in [2.24, 2.45) is 5.73 Å². The summed E-state index contributed by atoms with van der Waals surface area (Å²) >= 11 is 0. The molecule has 6 heteroatoms. The molecule has 1 aromatic carbocycles. The van der Waals surface area contributed by atoms with Gasteiger partial charge in [-0.25, -0.2) is 4.79 Å². The first-order chi connectivity index (χ1) is 10.2. The number of carbonyl (C=O) groups excluding carboxylic acids is 2. The predicted octanol–water partition coefficient (Wildman–Crippen LogP) is 0.523. The number of amides is 1. The Morgan fingerprint density at radius 1 is 1.38 bits per heavy atom. The summed E-state index contributed by atoms with van der Waals surface area (Å²) in [4.78, 5) is 24.1. The number of hydrogen-bond acceptors (Lipinski definition) is 5. The van der Waals surface area contributed by atoms with Crippen molar-refractivity contribution in [3.8, 4) is 0 Å². The molecular weight excluding hydrogens is 272 g/mol. The number of ether oxygens (including phenoxy) is 2. The van der Waals surface area contributed by atoms with Crippen molar-refractivity contribution in [2.45, 2.75) is 31.1 Å². The molecule has 0 aromatic heterocycles. The number of benzene rings is 1. The third-order valence-corrected chi connectivity index (χ3v) is 3.52. The molecule has 1 amide bonds. The maximum atomic E-state index is 12.2. The maximum absolute atomic E-state index is 12.2. The van der Waals surface area contributed by atoms with Crippen molar-refractivity contribution in [1.82, 2.24) is 5.32 Å². The molecule has 3 N–H and O–H groups in total. The Morgan fingerprint density at radius 3 is 2.67 bits per heavy atom. The van der Waals surface area contributed by atoms with Crippen LogP contribution in [0.4, 0.5) is 0 Å². The average molecular weight is 292 g/mol. The van der Waals surface area contributed by atoms with Crippen LogP contribution in [0.25, 0.3) is 0 Å². The average Bonchev–Trinajstić information content (AvgIpc) is 3.01. The minimum Gasteiger partial charge on any atom is -0.467 e. The summed E-state index contributed by atoms with van der Waals surface area (Å²) in [6.45, 7) is 0.392. The zero-order valence-electron chi connectivity index (χ0n) is 12.0. The van der Waals surface area contributed by atoms with Crippen molar-refractivity contribution in [3.63, 3.8) is 0 Å². The van der Waals surface area contributed by atoms with Crippen LogP contribution in [0.3, 0.4) is 0 Å². The third kappa shape index (κ3) is 3.80. The smallest absolute Gasteiger partial charge is 0.333 e. The van der Waals surface area contributed by atoms with Crippen LogP contribution in [0, 0.1) is 0 Å². The monoisotopic (exact) mass is 292 g/mol. The summed E-state index contributed by atoms with van der Waals surface area (Å²) in [5.41, 5.74) is 6.20. The van der Waals surface area contributed by atoms with Gasteiger partial charge in [0.25, 0.3) is 0 Å². The minimum absolute atomic E-state index is 0.0888. The van der Waals surface area contributed by atoms with Crippen molar-refractivity contribution >= 4 is 11.9 Å². The highest BCUT2D eigenvalue weighted by atomic mass is 16.5. The molecule has 6 nitrogen and oxygen atoms in total. The van der Waals surface area contributed by atoms with Crippen LogP contribution >= 0.6 is 0 Å². The standard InChI is InChI=1S/C15H20N2O4/c1-20-15(19)13(10-5-3-2-4-6-10)17-14(18)12-8-7-11(9-16)21-12/h2-6,11-13H,7-9,16H2,1H3,(H,17,18)/t11-,12+,13?/m1/s1. The Hall–Kier alpha value is -1.92. The molecule has 0 aliphatic carbocycles. The van der Waals surface area contributed by atoms with E-state index in [2.05, 4.69) is 5.32 Å². The quantitative estimate of drug-likeness (QED) is 0.772. The number of esters is 1. The second-order valence-corrected chi connectivity index (χ2v) is 4.94. The van der Waals surface area contributed by atoms with E-state index in [1.54, 1.807) is 24.3 Å². The highest BCUT2D eigenvalue weighted by molar-refractivity contribution is 5.87. The summed E-state index contributed by atoms with van der Waals surface area (Å²) in [6, 6.07) is 8.14. The molecular formula is C15H20N2O4. The van der Waals surface area contributed by atoms with E-state index in [-0.39, 0.29) is 12.0 Å². The molecule has 1 unspecified atom stereocenters. The molecule has 1 aliphatic heterocycles. The van der Waals surface area contributed by atoms with Gasteiger partial charge in [0.2, 0.25) is 5.91 Å². The molecule has 114 valence electrons. The van der Waals surface area contributed by atoms with Gasteiger partial charge in [-0.15, -0.1) is 0 Å². The van der Waals surface area contributed by atoms with Gasteiger partial charge in [-0.1, -0.05) is 30.3 Å². The molecule has 0 spiro atoms. The molecule has 0 saturated carbocycles. The molecule has 1 heterocycles. The Morgan fingerprint density at radius 2 is 2.10 bits per heavy atom. The molecule has 0 bridgehead atoms. The zero-order chi connectivity index (χ0) is 15.2. The number of methoxy groups -OCH3 is 1. The van der Waals surface area contributed by atoms with E-state index >= 15 is 0 Å². The largest absolute Gasteiger partial charge is 0.467 e. The molecule has 1 aromatic rings. The summed E-state index contributed by atoms with van der Waals surface area (Å²) in [5, 5.41) is 2.69. The van der Waals surface area contributed by atoms with Crippen LogP contribution in [-0.4, -0.2) is 37.7 Å². The van der Waals surface area contributed by atoms with Crippen molar-refractivity contribution < 1.29 is 19.1 Å². The SMILES string of the molecule is COC(=O)C(NC(=O)[C@@H]1CC[C@H](CN)O1)c1ccccc1. The van der Waals surface area contributed by atoms with E-state index in [4.69, 9.17) is 15.2 Å². The molecule has 0 radical (unpaired) electrons. The second kappa shape index (κ2) is 7.19. The second-order valence-electron chi connectivity index (χ2n) is 4.94. The maximum Gasteiger partial charge on any atom is 0.333 e. The highest BCUT2D eigenvalue weighted by Gasteiger charge is 2.33. The first-order valence-corrected chi connectivity index (χ1v) is 6.94. The van der Waals surface area contributed by atoms with E-state index in [0.29, 0.717) is 18.5 Å². The summed E-state index contributed by atoms with van der Waals surface area (Å²) in [6.07, 6.45) is 0.711. The van der Waals surface area contributed by atoms with Gasteiger partial charge in [0, 0.05) is 6.54 Å². The molecule has 1 fully saturated rings. The van der Waals surface area contributed by atoms with Crippen LogP contribution in [0.5, 0.6) is 0 Å². The zero-order valence-corrected chi connectivity index (χ0v) is 12.0. The third-order valence-electron chi connectivity index (χ3n) is 3.52. The van der Waals surface area contributed by atoms with E-state index in [1.165, 1.54) is 7.11 Å². The number of hydrogen-bond donors (Lipinski definition) is 2. The lowest BCUT2D eigenvalue weighted by molar-refractivity contribution is -0.147. The topological polar surface area (TPSA) is 90.7 Å². The van der Waals surface area contributed by atoms with Gasteiger partial charge in [-0.2, -0.15) is 0 Å². The lowest BCUT2D eigenvalue weighted by Crippen LogP contribution is -2.41. The van der Waals surface area contributed by atoms with Crippen molar-refractivity contribution in [2.75, 3.05) is 13.7 Å². The van der Waals surface area contributed by atoms with Gasteiger partial charge in [0.1, 0.15) is 6.10 Å². The molecule has 1 saturated heterocycles. The first-order valence-electron chi connectivity index (χ1n) is 6.94. The summed E-state index contributed by atoms with van der Waals surface area (Å²) in [5.74, 6) is -0.826. The van der Waals surface area contributed by atoms with Crippen LogP contribution in [0.2, 0.25) is 0 Å². The summed E-state index contributed by atoms with van der Waals surface area (Å²) < 4.78 is 10.3. The first kappa shape index (κ1) is 15.5. The Balaban J connectivity index is 2.06. The van der Waals surface area contributed by atoms with Gasteiger partial charge in [0.15, 0.2) is 6.04 Å². The van der Waals surface area contributed by atoms with Gasteiger partial charge in [-0.3, -0.25) is 4.79 Å². The van der Waals surface area contributed by atoms with E-state index in [1.807, 2.05) is 6.07 Å². The van der Waals surface area contributed by atoms with Crippen LogP contribution in [0.15, 0.2) is 30.3 Å². The fraction of sp³-hybridized carbons (Fsp3) is 0.467. The van der Waals surface area contributed by atoms with Crippen LogP contribution < -0.4 is 11.1 Å². The lowest BCUT2D eigenvalue weighted by atomic mass is 10.1. The molecule has 1 aliphatic rings. The molecule has 2 rings (SSSR count). The minimum atomic E-state index is -0.829. The fourth-order valence-electron chi connectivity index (χ4n) is 2.35.